The van der Waals surface area contributed by atoms with Crippen LogP contribution in [0, 0.1) is 17.3 Å². The van der Waals surface area contributed by atoms with E-state index in [9.17, 15) is 9.90 Å². The van der Waals surface area contributed by atoms with E-state index in [2.05, 4.69) is 20.8 Å². The van der Waals surface area contributed by atoms with Crippen LogP contribution in [0.3, 0.4) is 0 Å². The van der Waals surface area contributed by atoms with Gasteiger partial charge in [0.25, 0.3) is 0 Å². The average molecular weight is 300 g/mol. The largest absolute Gasteiger partial charge is 0.481 e. The third kappa shape index (κ3) is 4.14. The van der Waals surface area contributed by atoms with Crippen LogP contribution in [0.2, 0.25) is 0 Å². The summed E-state index contributed by atoms with van der Waals surface area (Å²) in [6.07, 6.45) is 5.57. The summed E-state index contributed by atoms with van der Waals surface area (Å²) in [6.45, 7) is 7.71. The van der Waals surface area contributed by atoms with Gasteiger partial charge in [-0.2, -0.15) is 11.8 Å². The van der Waals surface area contributed by atoms with Crippen molar-refractivity contribution < 1.29 is 14.6 Å². The fourth-order valence-corrected chi connectivity index (χ4v) is 4.97. The highest BCUT2D eigenvalue weighted by molar-refractivity contribution is 8.00. The van der Waals surface area contributed by atoms with Gasteiger partial charge in [-0.3, -0.25) is 4.79 Å². The van der Waals surface area contributed by atoms with Crippen LogP contribution in [0.4, 0.5) is 0 Å². The summed E-state index contributed by atoms with van der Waals surface area (Å²) in [5, 5.41) is 9.70. The highest BCUT2D eigenvalue weighted by atomic mass is 32.2. The maximum Gasteiger partial charge on any atom is 0.307 e. The molecule has 2 fully saturated rings. The molecule has 4 unspecified atom stereocenters. The van der Waals surface area contributed by atoms with Gasteiger partial charge in [-0.05, 0) is 43.4 Å². The van der Waals surface area contributed by atoms with Gasteiger partial charge in [-0.1, -0.05) is 20.8 Å². The number of ether oxygens (including phenoxy) is 1. The van der Waals surface area contributed by atoms with E-state index >= 15 is 0 Å². The molecule has 3 nitrogen and oxygen atoms in total. The molecule has 20 heavy (non-hydrogen) atoms. The van der Waals surface area contributed by atoms with Crippen LogP contribution >= 0.6 is 11.8 Å². The van der Waals surface area contributed by atoms with E-state index in [-0.39, 0.29) is 16.6 Å². The Morgan fingerprint density at radius 2 is 2.05 bits per heavy atom. The van der Waals surface area contributed by atoms with Gasteiger partial charge < -0.3 is 9.84 Å². The smallest absolute Gasteiger partial charge is 0.307 e. The number of carboxylic acids is 1. The Labute approximate surface area is 126 Å². The van der Waals surface area contributed by atoms with Crippen molar-refractivity contribution in [3.63, 3.8) is 0 Å². The molecule has 1 aliphatic carbocycles. The molecule has 0 aromatic rings. The number of thioether (sulfide) groups is 1. The van der Waals surface area contributed by atoms with E-state index in [0.29, 0.717) is 12.0 Å². The number of carboxylic acid groups (broad SMARTS) is 1. The van der Waals surface area contributed by atoms with Crippen molar-refractivity contribution in [3.8, 4) is 0 Å². The normalized spacial score (nSPS) is 35.1. The molecule has 1 saturated carbocycles. The van der Waals surface area contributed by atoms with Crippen LogP contribution in [0.5, 0.6) is 0 Å². The zero-order valence-corrected chi connectivity index (χ0v) is 13.7. The summed E-state index contributed by atoms with van der Waals surface area (Å²) in [4.78, 5) is 11.5. The fourth-order valence-electron chi connectivity index (χ4n) is 3.39. The predicted octanol–water partition coefficient (Wildman–Crippen LogP) is 3.81. The van der Waals surface area contributed by atoms with Crippen LogP contribution in [0.15, 0.2) is 0 Å². The van der Waals surface area contributed by atoms with E-state index in [1.165, 1.54) is 0 Å². The lowest BCUT2D eigenvalue weighted by molar-refractivity contribution is -0.143. The first kappa shape index (κ1) is 16.2. The first-order valence-corrected chi connectivity index (χ1v) is 8.89. The van der Waals surface area contributed by atoms with Gasteiger partial charge in [0.2, 0.25) is 0 Å². The Hall–Kier alpha value is -0.220. The van der Waals surface area contributed by atoms with Crippen LogP contribution in [0.25, 0.3) is 0 Å². The Morgan fingerprint density at radius 1 is 1.30 bits per heavy atom. The Morgan fingerprint density at radius 3 is 2.60 bits per heavy atom. The first-order valence-electron chi connectivity index (χ1n) is 7.84. The summed E-state index contributed by atoms with van der Waals surface area (Å²) in [5.41, 5.74) is 0.284. The molecular formula is C16H28O3S. The van der Waals surface area contributed by atoms with E-state index in [4.69, 9.17) is 4.74 Å². The molecule has 2 rings (SSSR count). The molecule has 0 aromatic heterocycles. The zero-order chi connectivity index (χ0) is 14.8. The van der Waals surface area contributed by atoms with Gasteiger partial charge in [0.05, 0.1) is 12.0 Å². The number of hydrogen-bond acceptors (Lipinski definition) is 3. The zero-order valence-electron chi connectivity index (χ0n) is 12.9. The van der Waals surface area contributed by atoms with Crippen molar-refractivity contribution in [2.75, 3.05) is 12.4 Å². The van der Waals surface area contributed by atoms with Crippen molar-refractivity contribution >= 4 is 17.7 Å². The average Bonchev–Trinajstić information content (AvgIpc) is 2.87. The molecule has 0 spiro atoms. The monoisotopic (exact) mass is 300 g/mol. The molecule has 2 aliphatic rings. The molecule has 0 aromatic carbocycles. The minimum Gasteiger partial charge on any atom is -0.481 e. The maximum atomic E-state index is 11.5. The van der Waals surface area contributed by atoms with Gasteiger partial charge >= 0.3 is 5.97 Å². The standard InChI is InChI=1S/C16H28O3S/c1-16(2,3)11-6-7-13(15(17)18)14(9-11)20-10-12-5-4-8-19-12/h11-14H,4-10H2,1-3H3,(H,17,18). The third-order valence-corrected chi connectivity index (χ3v) is 6.37. The summed E-state index contributed by atoms with van der Waals surface area (Å²) < 4.78 is 5.67. The molecule has 0 amide bonds. The third-order valence-electron chi connectivity index (χ3n) is 4.85. The Bertz CT molecular complexity index is 331. The van der Waals surface area contributed by atoms with E-state index in [1.807, 2.05) is 11.8 Å². The van der Waals surface area contributed by atoms with Gasteiger partial charge in [-0.25, -0.2) is 0 Å². The van der Waals surface area contributed by atoms with Crippen LogP contribution in [-0.4, -0.2) is 34.8 Å². The van der Waals surface area contributed by atoms with E-state index < -0.39 is 5.97 Å². The summed E-state index contributed by atoms with van der Waals surface area (Å²) in [7, 11) is 0. The molecule has 1 aliphatic heterocycles. The van der Waals surface area contributed by atoms with Crippen molar-refractivity contribution in [1.82, 2.24) is 0 Å². The lowest BCUT2D eigenvalue weighted by atomic mass is 9.69. The van der Waals surface area contributed by atoms with Crippen LogP contribution in [-0.2, 0) is 9.53 Å². The summed E-state index contributed by atoms with van der Waals surface area (Å²) in [5.74, 6) is 0.827. The molecule has 116 valence electrons. The molecule has 4 atom stereocenters. The highest BCUT2D eigenvalue weighted by Crippen LogP contribution is 2.44. The highest BCUT2D eigenvalue weighted by Gasteiger charge is 2.39. The topological polar surface area (TPSA) is 46.5 Å². The Balaban J connectivity index is 1.93. The predicted molar refractivity (Wildman–Crippen MR) is 83.1 cm³/mol. The Kier molecular flexibility index (Phi) is 5.41. The minimum atomic E-state index is -0.609. The summed E-state index contributed by atoms with van der Waals surface area (Å²) >= 11 is 1.85. The minimum absolute atomic E-state index is 0.167. The van der Waals surface area contributed by atoms with E-state index in [0.717, 1.165) is 44.5 Å². The van der Waals surface area contributed by atoms with Crippen molar-refractivity contribution in [2.45, 2.75) is 64.2 Å². The lowest BCUT2D eigenvalue weighted by Crippen LogP contribution is -2.37. The van der Waals surface area contributed by atoms with Crippen molar-refractivity contribution in [2.24, 2.45) is 17.3 Å². The van der Waals surface area contributed by atoms with Crippen LogP contribution < -0.4 is 0 Å². The molecule has 1 saturated heterocycles. The number of carbonyl (C=O) groups is 1. The van der Waals surface area contributed by atoms with E-state index in [1.54, 1.807) is 0 Å². The molecule has 1 N–H and O–H groups in total. The fraction of sp³-hybridized carbons (Fsp3) is 0.938. The molecule has 1 heterocycles. The van der Waals surface area contributed by atoms with Gasteiger partial charge in [0.15, 0.2) is 0 Å². The van der Waals surface area contributed by atoms with Crippen molar-refractivity contribution in [1.29, 1.82) is 0 Å². The van der Waals surface area contributed by atoms with Gasteiger partial charge in [0, 0.05) is 17.6 Å². The van der Waals surface area contributed by atoms with Gasteiger partial charge in [-0.15, -0.1) is 0 Å². The molecular weight excluding hydrogens is 272 g/mol. The number of hydrogen-bond donors (Lipinski definition) is 1. The molecule has 0 radical (unpaired) electrons. The lowest BCUT2D eigenvalue weighted by Gasteiger charge is -2.40. The van der Waals surface area contributed by atoms with Crippen molar-refractivity contribution in [3.05, 3.63) is 0 Å². The number of rotatable bonds is 4. The molecule has 0 bridgehead atoms. The molecule has 4 heteroatoms. The second-order valence-electron chi connectivity index (χ2n) is 7.33. The summed E-state index contributed by atoms with van der Waals surface area (Å²) in [6, 6.07) is 0. The van der Waals surface area contributed by atoms with Crippen LogP contribution in [0.1, 0.15) is 52.9 Å². The SMILES string of the molecule is CC(C)(C)C1CCC(C(=O)O)C(SCC2CCCO2)C1. The second kappa shape index (κ2) is 6.69. The first-order chi connectivity index (χ1) is 9.38. The maximum absolute atomic E-state index is 11.5. The number of aliphatic carboxylic acids is 1. The second-order valence-corrected chi connectivity index (χ2v) is 8.60. The quantitative estimate of drug-likeness (QED) is 0.857. The van der Waals surface area contributed by atoms with Gasteiger partial charge in [0.1, 0.15) is 0 Å².